The van der Waals surface area contributed by atoms with Crippen molar-refractivity contribution in [3.8, 4) is 11.5 Å². The van der Waals surface area contributed by atoms with Crippen LogP contribution in [0.4, 0.5) is 0 Å². The average Bonchev–Trinajstić information content (AvgIpc) is 2.45. The second-order valence-corrected chi connectivity index (χ2v) is 8.76. The van der Waals surface area contributed by atoms with Crippen LogP contribution in [0, 0.1) is 0 Å². The molecule has 0 bridgehead atoms. The number of hydrogen-bond acceptors (Lipinski definition) is 8. The van der Waals surface area contributed by atoms with E-state index in [9.17, 15) is 25.9 Å². The van der Waals surface area contributed by atoms with Gasteiger partial charge in [0.15, 0.2) is 11.5 Å². The maximum atomic E-state index is 10.5. The molecular formula is C12H6CaCl4O8S2. The Morgan fingerprint density at radius 1 is 0.667 bits per heavy atom. The topological polar surface area (TPSA) is 155 Å². The van der Waals surface area contributed by atoms with Crippen LogP contribution in [0.15, 0.2) is 34.1 Å². The molecule has 0 atom stereocenters. The number of phenolic OH excluding ortho intramolecular Hbond substituents is 2. The summed E-state index contributed by atoms with van der Waals surface area (Å²) in [7, 11) is -9.49. The van der Waals surface area contributed by atoms with Crippen molar-refractivity contribution in [1.29, 1.82) is 0 Å². The standard InChI is InChI=1S/2C6H4Cl2O4S.Ca/c2*7-3-1-4(8)6(9)5(2-3)13(10,11)12;/h2*1-2,9H,(H,10,11,12);/q;;+2/p-2. The van der Waals surface area contributed by atoms with Crippen LogP contribution in [0.2, 0.25) is 20.1 Å². The Labute approximate surface area is 204 Å². The molecule has 0 unspecified atom stereocenters. The average molecular weight is 524 g/mol. The van der Waals surface area contributed by atoms with E-state index in [4.69, 9.17) is 56.6 Å². The molecule has 0 saturated carbocycles. The molecule has 0 saturated heterocycles. The van der Waals surface area contributed by atoms with Gasteiger partial charge in [-0.25, -0.2) is 16.8 Å². The summed E-state index contributed by atoms with van der Waals surface area (Å²) in [4.78, 5) is -1.63. The Morgan fingerprint density at radius 2 is 0.926 bits per heavy atom. The number of phenols is 2. The summed E-state index contributed by atoms with van der Waals surface area (Å²) in [6, 6.07) is 3.94. The van der Waals surface area contributed by atoms with Gasteiger partial charge in [-0.1, -0.05) is 46.4 Å². The van der Waals surface area contributed by atoms with Gasteiger partial charge >= 0.3 is 37.7 Å². The number of benzene rings is 2. The monoisotopic (exact) mass is 522 g/mol. The minimum atomic E-state index is -4.75. The molecule has 0 aliphatic carbocycles. The number of rotatable bonds is 2. The van der Waals surface area contributed by atoms with Crippen LogP contribution in [-0.2, 0) is 20.2 Å². The molecular weight excluding hydrogens is 518 g/mol. The van der Waals surface area contributed by atoms with Gasteiger partial charge in [0.1, 0.15) is 20.2 Å². The molecule has 2 aromatic rings. The van der Waals surface area contributed by atoms with Gasteiger partial charge in [-0.2, -0.15) is 0 Å². The fourth-order valence-corrected chi connectivity index (χ4v) is 3.93. The van der Waals surface area contributed by atoms with Gasteiger partial charge in [0.05, 0.1) is 19.8 Å². The molecule has 0 aliphatic heterocycles. The molecule has 0 amide bonds. The van der Waals surface area contributed by atoms with E-state index in [1.165, 1.54) is 0 Å². The molecule has 2 N–H and O–H groups in total. The Hall–Kier alpha value is 0.280. The zero-order valence-corrected chi connectivity index (χ0v) is 19.6. The molecule has 144 valence electrons. The van der Waals surface area contributed by atoms with E-state index in [0.29, 0.717) is 0 Å². The van der Waals surface area contributed by atoms with E-state index in [2.05, 4.69) is 0 Å². The molecule has 2 rings (SSSR count). The summed E-state index contributed by atoms with van der Waals surface area (Å²) in [5, 5.41) is 17.6. The van der Waals surface area contributed by atoms with Crippen molar-refractivity contribution in [2.24, 2.45) is 0 Å². The zero-order chi connectivity index (χ0) is 20.4. The predicted molar refractivity (Wildman–Crippen MR) is 97.9 cm³/mol. The maximum Gasteiger partial charge on any atom is 2.00 e. The van der Waals surface area contributed by atoms with Crippen molar-refractivity contribution in [1.82, 2.24) is 0 Å². The molecule has 0 fully saturated rings. The van der Waals surface area contributed by atoms with Crippen LogP contribution in [0.5, 0.6) is 11.5 Å². The van der Waals surface area contributed by atoms with E-state index < -0.39 is 41.5 Å². The third-order valence-electron chi connectivity index (χ3n) is 2.53. The number of aromatic hydroxyl groups is 2. The third-order valence-corrected chi connectivity index (χ3v) is 5.24. The normalized spacial score (nSPS) is 11.2. The molecule has 0 radical (unpaired) electrons. The van der Waals surface area contributed by atoms with Gasteiger partial charge in [0.25, 0.3) is 0 Å². The molecule has 0 heterocycles. The molecule has 0 aliphatic rings. The van der Waals surface area contributed by atoms with Crippen molar-refractivity contribution in [3.63, 3.8) is 0 Å². The van der Waals surface area contributed by atoms with Gasteiger partial charge in [0.2, 0.25) is 0 Å². The van der Waals surface area contributed by atoms with Crippen molar-refractivity contribution >= 4 is 104 Å². The first-order chi connectivity index (χ1) is 11.6. The first kappa shape index (κ1) is 27.3. The third kappa shape index (κ3) is 7.90. The maximum absolute atomic E-state index is 10.5. The minimum absolute atomic E-state index is 0. The van der Waals surface area contributed by atoms with Gasteiger partial charge in [0, 0.05) is 10.0 Å². The smallest absolute Gasteiger partial charge is 0.744 e. The van der Waals surface area contributed by atoms with Crippen molar-refractivity contribution in [2.75, 3.05) is 0 Å². The molecule has 15 heteroatoms. The van der Waals surface area contributed by atoms with Crippen LogP contribution in [0.1, 0.15) is 0 Å². The SMILES string of the molecule is O=S(=O)([O-])c1cc(Cl)cc(Cl)c1O.O=S(=O)([O-])c1cc(Cl)cc(Cl)c1O.[Ca+2]. The second-order valence-electron chi connectivity index (χ2n) is 4.38. The predicted octanol–water partition coefficient (Wildman–Crippen LogP) is 2.83. The fourth-order valence-electron chi connectivity index (χ4n) is 1.47. The van der Waals surface area contributed by atoms with E-state index in [1.807, 2.05) is 0 Å². The minimum Gasteiger partial charge on any atom is -0.744 e. The number of hydrogen-bond donors (Lipinski definition) is 2. The van der Waals surface area contributed by atoms with Gasteiger partial charge in [-0.3, -0.25) is 0 Å². The molecule has 0 aromatic heterocycles. The Kier molecular flexibility index (Phi) is 10.5. The summed E-state index contributed by atoms with van der Waals surface area (Å²) in [5.74, 6) is -1.55. The van der Waals surface area contributed by atoms with Crippen molar-refractivity contribution in [2.45, 2.75) is 9.79 Å². The molecule has 8 nitrogen and oxygen atoms in total. The van der Waals surface area contributed by atoms with E-state index in [0.717, 1.165) is 24.3 Å². The Morgan fingerprint density at radius 3 is 1.15 bits per heavy atom. The Balaban J connectivity index is 0.000000483. The van der Waals surface area contributed by atoms with E-state index in [1.54, 1.807) is 0 Å². The van der Waals surface area contributed by atoms with Crippen molar-refractivity contribution in [3.05, 3.63) is 44.4 Å². The van der Waals surface area contributed by atoms with Crippen LogP contribution in [-0.4, -0.2) is 73.9 Å². The van der Waals surface area contributed by atoms with Crippen LogP contribution >= 0.6 is 46.4 Å². The summed E-state index contributed by atoms with van der Waals surface area (Å²) in [6.07, 6.45) is 0. The van der Waals surface area contributed by atoms with E-state index in [-0.39, 0.29) is 57.8 Å². The Bertz CT molecular complexity index is 972. The van der Waals surface area contributed by atoms with Gasteiger partial charge in [-0.05, 0) is 24.3 Å². The fraction of sp³-hybridized carbons (Fsp3) is 0. The number of halogens is 4. The zero-order valence-electron chi connectivity index (χ0n) is 12.7. The summed E-state index contributed by atoms with van der Waals surface area (Å²) in [6.45, 7) is 0. The van der Waals surface area contributed by atoms with E-state index >= 15 is 0 Å². The second kappa shape index (κ2) is 10.4. The summed E-state index contributed by atoms with van der Waals surface area (Å²) < 4.78 is 63.2. The van der Waals surface area contributed by atoms with Gasteiger partial charge in [-0.15, -0.1) is 0 Å². The quantitative estimate of drug-likeness (QED) is 0.449. The first-order valence-electron chi connectivity index (χ1n) is 5.92. The van der Waals surface area contributed by atoms with Crippen molar-refractivity contribution < 1.29 is 36.2 Å². The largest absolute Gasteiger partial charge is 2.00 e. The van der Waals surface area contributed by atoms with Crippen LogP contribution < -0.4 is 0 Å². The van der Waals surface area contributed by atoms with Gasteiger partial charge < -0.3 is 19.3 Å². The molecule has 27 heavy (non-hydrogen) atoms. The first-order valence-corrected chi connectivity index (χ1v) is 10.2. The van der Waals surface area contributed by atoms with Crippen LogP contribution in [0.3, 0.4) is 0 Å². The molecule has 0 spiro atoms. The summed E-state index contributed by atoms with van der Waals surface area (Å²) in [5.41, 5.74) is 0. The summed E-state index contributed by atoms with van der Waals surface area (Å²) >= 11 is 21.6. The molecule has 2 aromatic carbocycles. The van der Waals surface area contributed by atoms with Crippen LogP contribution in [0.25, 0.3) is 0 Å².